The molecule has 5 rings (SSSR count). The van der Waals surface area contributed by atoms with E-state index in [1.54, 1.807) is 23.1 Å². The first-order chi connectivity index (χ1) is 18.3. The van der Waals surface area contributed by atoms with Crippen LogP contribution in [-0.2, 0) is 32.6 Å². The third-order valence-corrected chi connectivity index (χ3v) is 9.88. The maximum atomic E-state index is 13.5. The Hall–Kier alpha value is -2.75. The average molecular weight is 539 g/mol. The first kappa shape index (κ1) is 26.8. The number of rotatable bonds is 6. The molecule has 1 N–H and O–H groups in total. The first-order valence-electron chi connectivity index (χ1n) is 13.8. The summed E-state index contributed by atoms with van der Waals surface area (Å²) in [6, 6.07) is 13.0. The van der Waals surface area contributed by atoms with Gasteiger partial charge in [-0.05, 0) is 93.1 Å². The molecule has 2 saturated heterocycles. The molecule has 0 aliphatic carbocycles. The normalized spacial score (nSPS) is 21.1. The highest BCUT2D eigenvalue weighted by molar-refractivity contribution is 7.89. The molecule has 0 saturated carbocycles. The summed E-state index contributed by atoms with van der Waals surface area (Å²) in [6.07, 6.45) is 6.67. The van der Waals surface area contributed by atoms with Gasteiger partial charge in [-0.25, -0.2) is 8.42 Å². The predicted octanol–water partition coefficient (Wildman–Crippen LogP) is 4.01. The molecule has 0 spiro atoms. The zero-order valence-corrected chi connectivity index (χ0v) is 23.0. The number of aryl methyl sites for hydroxylation is 1. The number of amides is 2. The van der Waals surface area contributed by atoms with Gasteiger partial charge in [0, 0.05) is 44.5 Å². The van der Waals surface area contributed by atoms with Crippen molar-refractivity contribution in [2.45, 2.75) is 63.3 Å². The molecule has 0 unspecified atom stereocenters. The van der Waals surface area contributed by atoms with E-state index >= 15 is 0 Å². The summed E-state index contributed by atoms with van der Waals surface area (Å²) >= 11 is 0. The molecule has 2 amide bonds. The van der Waals surface area contributed by atoms with E-state index in [-0.39, 0.29) is 23.3 Å². The summed E-state index contributed by atoms with van der Waals surface area (Å²) in [6.45, 7) is 5.95. The first-order valence-corrected chi connectivity index (χ1v) is 15.3. The smallest absolute Gasteiger partial charge is 0.243 e. The maximum Gasteiger partial charge on any atom is 0.243 e. The Bertz CT molecular complexity index is 1270. The Kier molecular flexibility index (Phi) is 8.16. The third kappa shape index (κ3) is 5.95. The largest absolute Gasteiger partial charge is 0.326 e. The number of anilines is 2. The van der Waals surface area contributed by atoms with Crippen LogP contribution in [0.15, 0.2) is 47.4 Å². The quantitative estimate of drug-likeness (QED) is 0.600. The molecule has 0 bridgehead atoms. The van der Waals surface area contributed by atoms with Crippen molar-refractivity contribution >= 4 is 33.2 Å². The summed E-state index contributed by atoms with van der Waals surface area (Å²) in [4.78, 5) is 29.5. The van der Waals surface area contributed by atoms with Crippen LogP contribution < -0.4 is 10.2 Å². The molecular weight excluding hydrogens is 500 g/mol. The number of benzene rings is 2. The Morgan fingerprint density at radius 2 is 1.68 bits per heavy atom. The lowest BCUT2D eigenvalue weighted by Gasteiger charge is -2.32. The van der Waals surface area contributed by atoms with E-state index in [1.807, 2.05) is 12.1 Å². The van der Waals surface area contributed by atoms with Gasteiger partial charge in [0.15, 0.2) is 0 Å². The van der Waals surface area contributed by atoms with Gasteiger partial charge in [-0.15, -0.1) is 0 Å². The van der Waals surface area contributed by atoms with Gasteiger partial charge in [-0.1, -0.05) is 18.6 Å². The Morgan fingerprint density at radius 1 is 0.921 bits per heavy atom. The molecular formula is C29H38N4O4S. The number of hydrogen-bond donors (Lipinski definition) is 1. The molecule has 0 aromatic heterocycles. The van der Waals surface area contributed by atoms with Gasteiger partial charge >= 0.3 is 0 Å². The van der Waals surface area contributed by atoms with Gasteiger partial charge in [0.2, 0.25) is 21.8 Å². The van der Waals surface area contributed by atoms with Crippen molar-refractivity contribution in [2.75, 3.05) is 42.9 Å². The van der Waals surface area contributed by atoms with Gasteiger partial charge in [-0.2, -0.15) is 4.31 Å². The van der Waals surface area contributed by atoms with E-state index in [2.05, 4.69) is 22.3 Å². The second-order valence-corrected chi connectivity index (χ2v) is 12.7. The van der Waals surface area contributed by atoms with Crippen LogP contribution in [0.1, 0.15) is 56.6 Å². The molecule has 9 heteroatoms. The fraction of sp³-hybridized carbons (Fsp3) is 0.517. The van der Waals surface area contributed by atoms with Gasteiger partial charge in [-0.3, -0.25) is 14.5 Å². The molecule has 38 heavy (non-hydrogen) atoms. The van der Waals surface area contributed by atoms with Crippen LogP contribution in [0.3, 0.4) is 0 Å². The van der Waals surface area contributed by atoms with Gasteiger partial charge < -0.3 is 10.2 Å². The van der Waals surface area contributed by atoms with Crippen LogP contribution >= 0.6 is 0 Å². The summed E-state index contributed by atoms with van der Waals surface area (Å²) < 4.78 is 28.5. The fourth-order valence-electron chi connectivity index (χ4n) is 5.90. The summed E-state index contributed by atoms with van der Waals surface area (Å²) in [5.74, 6) is -0.586. The number of nitrogens with zero attached hydrogens (tertiary/aromatic N) is 3. The SMILES string of the molecule is CC(=O)N1CCCc2cc(S(=O)(=O)N3CCC[C@H](C(=O)Nc4ccc(CN5CCCCC5)cc4)C3)ccc21. The van der Waals surface area contributed by atoms with E-state index in [0.717, 1.165) is 49.4 Å². The predicted molar refractivity (Wildman–Crippen MR) is 148 cm³/mol. The highest BCUT2D eigenvalue weighted by Gasteiger charge is 2.34. The molecule has 1 atom stereocenters. The Labute approximate surface area is 226 Å². The molecule has 2 aromatic rings. The van der Waals surface area contributed by atoms with Crippen molar-refractivity contribution < 1.29 is 18.0 Å². The van der Waals surface area contributed by atoms with E-state index in [9.17, 15) is 18.0 Å². The lowest BCUT2D eigenvalue weighted by atomic mass is 9.98. The minimum Gasteiger partial charge on any atom is -0.326 e. The Morgan fingerprint density at radius 3 is 2.42 bits per heavy atom. The van der Waals surface area contributed by atoms with Gasteiger partial charge in [0.25, 0.3) is 0 Å². The van der Waals surface area contributed by atoms with Gasteiger partial charge in [0.05, 0.1) is 10.8 Å². The van der Waals surface area contributed by atoms with Crippen LogP contribution in [0.2, 0.25) is 0 Å². The number of hydrogen-bond acceptors (Lipinski definition) is 5. The summed E-state index contributed by atoms with van der Waals surface area (Å²) in [5.41, 5.74) is 3.64. The van der Waals surface area contributed by atoms with Crippen molar-refractivity contribution in [1.29, 1.82) is 0 Å². The van der Waals surface area contributed by atoms with Crippen molar-refractivity contribution in [3.05, 3.63) is 53.6 Å². The van der Waals surface area contributed by atoms with E-state index in [0.29, 0.717) is 25.9 Å². The number of piperidine rings is 2. The zero-order valence-electron chi connectivity index (χ0n) is 22.2. The molecule has 8 nitrogen and oxygen atoms in total. The molecule has 3 aliphatic rings. The lowest BCUT2D eigenvalue weighted by Crippen LogP contribution is -2.43. The highest BCUT2D eigenvalue weighted by Crippen LogP contribution is 2.32. The monoisotopic (exact) mass is 538 g/mol. The molecule has 2 fully saturated rings. The van der Waals surface area contributed by atoms with Crippen LogP contribution in [-0.4, -0.2) is 62.2 Å². The van der Waals surface area contributed by atoms with E-state index in [4.69, 9.17) is 0 Å². The van der Waals surface area contributed by atoms with E-state index in [1.165, 1.54) is 36.1 Å². The highest BCUT2D eigenvalue weighted by atomic mass is 32.2. The lowest BCUT2D eigenvalue weighted by molar-refractivity contribution is -0.121. The minimum atomic E-state index is -3.75. The number of nitrogens with one attached hydrogen (secondary N) is 1. The molecule has 3 heterocycles. The van der Waals surface area contributed by atoms with Crippen molar-refractivity contribution in [3.8, 4) is 0 Å². The van der Waals surface area contributed by atoms with Crippen LogP contribution in [0, 0.1) is 5.92 Å². The number of carbonyl (C=O) groups is 2. The van der Waals surface area contributed by atoms with E-state index < -0.39 is 15.9 Å². The topological polar surface area (TPSA) is 90.0 Å². The second kappa shape index (κ2) is 11.6. The minimum absolute atomic E-state index is 0.0388. The molecule has 2 aromatic carbocycles. The van der Waals surface area contributed by atoms with Crippen molar-refractivity contribution in [2.24, 2.45) is 5.92 Å². The number of likely N-dealkylation sites (tertiary alicyclic amines) is 1. The van der Waals surface area contributed by atoms with Gasteiger partial charge in [0.1, 0.15) is 0 Å². The van der Waals surface area contributed by atoms with Crippen LogP contribution in [0.25, 0.3) is 0 Å². The third-order valence-electron chi connectivity index (χ3n) is 8.02. The maximum absolute atomic E-state index is 13.5. The molecule has 3 aliphatic heterocycles. The zero-order chi connectivity index (χ0) is 26.7. The second-order valence-electron chi connectivity index (χ2n) is 10.8. The number of fused-ring (bicyclic) bond motifs is 1. The Balaban J connectivity index is 1.22. The van der Waals surface area contributed by atoms with Crippen molar-refractivity contribution in [1.82, 2.24) is 9.21 Å². The summed E-state index contributed by atoms with van der Waals surface area (Å²) in [5, 5.41) is 3.00. The average Bonchev–Trinajstić information content (AvgIpc) is 2.94. The van der Waals surface area contributed by atoms with Crippen molar-refractivity contribution in [3.63, 3.8) is 0 Å². The number of sulfonamides is 1. The van der Waals surface area contributed by atoms with Crippen LogP contribution in [0.5, 0.6) is 0 Å². The molecule has 0 radical (unpaired) electrons. The summed E-state index contributed by atoms with van der Waals surface area (Å²) in [7, 11) is -3.75. The van der Waals surface area contributed by atoms with Crippen LogP contribution in [0.4, 0.5) is 11.4 Å². The number of carbonyl (C=O) groups excluding carboxylic acids is 2. The fourth-order valence-corrected chi connectivity index (χ4v) is 7.47. The molecule has 204 valence electrons. The standard InChI is InChI=1S/C29H38N4O4S/c1-22(34)33-18-6-7-24-19-27(13-14-28(24)33)38(36,37)32-17-5-8-25(21-32)29(35)30-26-11-9-23(10-12-26)20-31-15-3-2-4-16-31/h9-14,19,25H,2-8,15-18,20-21H2,1H3,(H,30,35)/t25-/m0/s1.